The van der Waals surface area contributed by atoms with Gasteiger partial charge in [-0.25, -0.2) is 0 Å². The normalized spacial score (nSPS) is 13.0. The van der Waals surface area contributed by atoms with Gasteiger partial charge in [0.2, 0.25) is 0 Å². The standard InChI is InChI=1S/C7H8BrNO2/c1-9(11)5-2-3-7(10)6(8)4-5/h2-4,9-10H,1H3. The minimum Gasteiger partial charge on any atom is -0.629 e. The van der Waals surface area contributed by atoms with Crippen LogP contribution in [-0.2, 0) is 0 Å². The number of quaternary nitrogens is 1. The summed E-state index contributed by atoms with van der Waals surface area (Å²) in [7, 11) is 1.48. The lowest BCUT2D eigenvalue weighted by molar-refractivity contribution is -0.751. The van der Waals surface area contributed by atoms with E-state index < -0.39 is 0 Å². The molecule has 0 aromatic heterocycles. The van der Waals surface area contributed by atoms with Crippen molar-refractivity contribution >= 4 is 21.6 Å². The molecule has 0 radical (unpaired) electrons. The maximum atomic E-state index is 10.8. The maximum Gasteiger partial charge on any atom is 0.132 e. The molecule has 2 N–H and O–H groups in total. The number of hydroxylamine groups is 1. The highest BCUT2D eigenvalue weighted by Crippen LogP contribution is 2.24. The quantitative estimate of drug-likeness (QED) is 0.541. The predicted octanol–water partition coefficient (Wildman–Crippen LogP) is 0.799. The van der Waals surface area contributed by atoms with Gasteiger partial charge >= 0.3 is 0 Å². The van der Waals surface area contributed by atoms with E-state index in [4.69, 9.17) is 5.11 Å². The van der Waals surface area contributed by atoms with Crippen molar-refractivity contribution in [3.05, 3.63) is 27.9 Å². The van der Waals surface area contributed by atoms with Crippen LogP contribution in [0, 0.1) is 5.21 Å². The van der Waals surface area contributed by atoms with Crippen molar-refractivity contribution in [1.29, 1.82) is 0 Å². The topological polar surface area (TPSA) is 47.7 Å². The van der Waals surface area contributed by atoms with E-state index in [2.05, 4.69) is 15.9 Å². The molecule has 1 aromatic carbocycles. The molecule has 4 heteroatoms. The molecular weight excluding hydrogens is 210 g/mol. The van der Waals surface area contributed by atoms with Gasteiger partial charge in [-0.2, -0.15) is 0 Å². The Labute approximate surface area is 73.0 Å². The highest BCUT2D eigenvalue weighted by molar-refractivity contribution is 9.10. The molecule has 1 atom stereocenters. The smallest absolute Gasteiger partial charge is 0.132 e. The summed E-state index contributed by atoms with van der Waals surface area (Å²) in [5.41, 5.74) is 0.592. The van der Waals surface area contributed by atoms with Crippen LogP contribution in [0.5, 0.6) is 5.75 Å². The van der Waals surface area contributed by atoms with Gasteiger partial charge in [0.1, 0.15) is 11.4 Å². The van der Waals surface area contributed by atoms with Crippen LogP contribution in [-0.4, -0.2) is 12.2 Å². The Balaban J connectivity index is 3.05. The predicted molar refractivity (Wildman–Crippen MR) is 45.7 cm³/mol. The van der Waals surface area contributed by atoms with Crippen LogP contribution in [0.15, 0.2) is 22.7 Å². The van der Waals surface area contributed by atoms with E-state index in [0.29, 0.717) is 10.2 Å². The van der Waals surface area contributed by atoms with E-state index >= 15 is 0 Å². The summed E-state index contributed by atoms with van der Waals surface area (Å²) >= 11 is 3.11. The van der Waals surface area contributed by atoms with E-state index in [1.54, 1.807) is 12.1 Å². The van der Waals surface area contributed by atoms with Crippen molar-refractivity contribution in [2.24, 2.45) is 0 Å². The largest absolute Gasteiger partial charge is 0.629 e. The first-order valence-electron chi connectivity index (χ1n) is 3.10. The van der Waals surface area contributed by atoms with Crippen molar-refractivity contribution in [2.45, 2.75) is 0 Å². The van der Waals surface area contributed by atoms with Gasteiger partial charge in [-0.3, -0.25) is 0 Å². The highest BCUT2D eigenvalue weighted by atomic mass is 79.9. The molecule has 0 heterocycles. The summed E-state index contributed by atoms with van der Waals surface area (Å²) in [5.74, 6) is 0.148. The summed E-state index contributed by atoms with van der Waals surface area (Å²) in [6.07, 6.45) is 0. The second kappa shape index (κ2) is 3.21. The number of nitrogens with one attached hydrogen (secondary N) is 1. The van der Waals surface area contributed by atoms with Crippen LogP contribution in [0.3, 0.4) is 0 Å². The lowest BCUT2D eigenvalue weighted by Crippen LogP contribution is -2.98. The lowest BCUT2D eigenvalue weighted by Gasteiger charge is -2.15. The van der Waals surface area contributed by atoms with Gasteiger partial charge < -0.3 is 15.4 Å². The van der Waals surface area contributed by atoms with Gasteiger partial charge in [0, 0.05) is 12.1 Å². The summed E-state index contributed by atoms with van der Waals surface area (Å²) in [4.78, 5) is 0. The number of halogens is 1. The first-order chi connectivity index (χ1) is 5.11. The number of phenolic OH excluding ortho intramolecular Hbond substituents is 1. The molecule has 0 aliphatic heterocycles. The van der Waals surface area contributed by atoms with Crippen LogP contribution in [0.4, 0.5) is 5.69 Å². The molecule has 1 rings (SSSR count). The number of aromatic hydroxyl groups is 1. The van der Waals surface area contributed by atoms with Gasteiger partial charge in [-0.15, -0.1) is 0 Å². The lowest BCUT2D eigenvalue weighted by atomic mass is 10.3. The Morgan fingerprint density at radius 2 is 2.18 bits per heavy atom. The molecule has 1 aromatic rings. The van der Waals surface area contributed by atoms with Gasteiger partial charge in [0.15, 0.2) is 0 Å². The SMILES string of the molecule is C[NH+]([O-])c1ccc(O)c(Br)c1. The zero-order chi connectivity index (χ0) is 8.43. The number of rotatable bonds is 1. The molecule has 0 fully saturated rings. The summed E-state index contributed by atoms with van der Waals surface area (Å²) in [6, 6.07) is 4.67. The van der Waals surface area contributed by atoms with Gasteiger partial charge in [-0.05, 0) is 22.0 Å². The third kappa shape index (κ3) is 1.92. The molecule has 11 heavy (non-hydrogen) atoms. The molecule has 0 amide bonds. The van der Waals surface area contributed by atoms with E-state index in [-0.39, 0.29) is 10.8 Å². The van der Waals surface area contributed by atoms with Crippen molar-refractivity contribution in [2.75, 3.05) is 7.05 Å². The van der Waals surface area contributed by atoms with Crippen molar-refractivity contribution in [1.82, 2.24) is 0 Å². The van der Waals surface area contributed by atoms with Gasteiger partial charge in [-0.1, -0.05) is 0 Å². The van der Waals surface area contributed by atoms with Crippen LogP contribution in [0.25, 0.3) is 0 Å². The van der Waals surface area contributed by atoms with Crippen LogP contribution >= 0.6 is 15.9 Å². The Hall–Kier alpha value is -0.580. The fraction of sp³-hybridized carbons (Fsp3) is 0.143. The molecular formula is C7H8BrNO2. The Morgan fingerprint density at radius 1 is 1.55 bits per heavy atom. The molecule has 0 saturated carbocycles. The molecule has 1 unspecified atom stereocenters. The van der Waals surface area contributed by atoms with E-state index in [9.17, 15) is 5.21 Å². The molecule has 3 nitrogen and oxygen atoms in total. The van der Waals surface area contributed by atoms with Gasteiger partial charge in [0.25, 0.3) is 0 Å². The summed E-state index contributed by atoms with van der Waals surface area (Å²) in [5, 5.41) is 19.9. The number of hydrogen-bond donors (Lipinski definition) is 2. The number of phenols is 1. The first-order valence-corrected chi connectivity index (χ1v) is 3.90. The minimum atomic E-state index is -0.00861. The first kappa shape index (κ1) is 8.52. The molecule has 0 saturated heterocycles. The average molecular weight is 218 g/mol. The van der Waals surface area contributed by atoms with Crippen molar-refractivity contribution < 1.29 is 10.2 Å². The molecule has 0 aliphatic carbocycles. The van der Waals surface area contributed by atoms with Crippen LogP contribution in [0.1, 0.15) is 0 Å². The Morgan fingerprint density at radius 3 is 2.64 bits per heavy atom. The summed E-state index contributed by atoms with van der Waals surface area (Å²) < 4.78 is 0.546. The molecule has 0 aliphatic rings. The average Bonchev–Trinajstić information content (AvgIpc) is 1.94. The number of hydrogen-bond acceptors (Lipinski definition) is 2. The van der Waals surface area contributed by atoms with Crippen LogP contribution in [0.2, 0.25) is 0 Å². The highest BCUT2D eigenvalue weighted by Gasteiger charge is 2.01. The fourth-order valence-corrected chi connectivity index (χ4v) is 1.10. The monoisotopic (exact) mass is 217 g/mol. The Kier molecular flexibility index (Phi) is 2.49. The maximum absolute atomic E-state index is 10.8. The van der Waals surface area contributed by atoms with Crippen molar-refractivity contribution in [3.8, 4) is 5.75 Å². The molecule has 60 valence electrons. The zero-order valence-corrected chi connectivity index (χ0v) is 7.55. The van der Waals surface area contributed by atoms with E-state index in [1.165, 1.54) is 13.1 Å². The fourth-order valence-electron chi connectivity index (χ4n) is 0.726. The third-order valence-electron chi connectivity index (χ3n) is 1.35. The Bertz CT molecular complexity index is 263. The minimum absolute atomic E-state index is 0.00861. The van der Waals surface area contributed by atoms with Crippen molar-refractivity contribution in [3.63, 3.8) is 0 Å². The van der Waals surface area contributed by atoms with Crippen LogP contribution < -0.4 is 5.06 Å². The summed E-state index contributed by atoms with van der Waals surface area (Å²) in [6.45, 7) is 0. The number of benzene rings is 1. The second-order valence-corrected chi connectivity index (χ2v) is 3.08. The van der Waals surface area contributed by atoms with E-state index in [0.717, 1.165) is 0 Å². The second-order valence-electron chi connectivity index (χ2n) is 2.22. The third-order valence-corrected chi connectivity index (χ3v) is 1.99. The molecule has 0 spiro atoms. The molecule has 0 bridgehead atoms. The van der Waals surface area contributed by atoms with E-state index in [1.807, 2.05) is 0 Å². The van der Waals surface area contributed by atoms with Gasteiger partial charge in [0.05, 0.1) is 11.5 Å². The zero-order valence-electron chi connectivity index (χ0n) is 5.97.